The normalized spacial score (nSPS) is 32.6. The highest BCUT2D eigenvalue weighted by molar-refractivity contribution is 5.91. The number of rotatable bonds is 14. The second-order valence-corrected chi connectivity index (χ2v) is 17.7. The van der Waals surface area contributed by atoms with E-state index in [-0.39, 0.29) is 22.3 Å². The molecular formula is C53H53NO19. The molecule has 4 saturated heterocycles. The van der Waals surface area contributed by atoms with Gasteiger partial charge < -0.3 is 61.6 Å². The van der Waals surface area contributed by atoms with Crippen LogP contribution in [0.25, 0.3) is 0 Å². The lowest BCUT2D eigenvalue weighted by atomic mass is 9.95. The fourth-order valence-electron chi connectivity index (χ4n) is 8.86. The van der Waals surface area contributed by atoms with E-state index in [0.717, 1.165) is 13.8 Å². The number of nitrogens with zero attached hydrogens (tertiary/aromatic N) is 1. The van der Waals surface area contributed by atoms with E-state index in [4.69, 9.17) is 61.6 Å². The molecule has 0 saturated carbocycles. The molecule has 0 bridgehead atoms. The molecule has 20 nitrogen and oxygen atoms in total. The van der Waals surface area contributed by atoms with Gasteiger partial charge in [-0.15, -0.1) is 0 Å². The van der Waals surface area contributed by atoms with Crippen molar-refractivity contribution in [3.05, 3.63) is 144 Å². The van der Waals surface area contributed by atoms with E-state index in [1.165, 1.54) is 69.3 Å². The molecule has 4 aromatic rings. The lowest BCUT2D eigenvalue weighted by Crippen LogP contribution is -2.66. The van der Waals surface area contributed by atoms with Gasteiger partial charge in [0.05, 0.1) is 40.6 Å². The van der Waals surface area contributed by atoms with Crippen LogP contribution in [0.4, 0.5) is 0 Å². The molecule has 0 N–H and O–H groups in total. The Bertz CT molecular complexity index is 2630. The van der Waals surface area contributed by atoms with E-state index in [0.29, 0.717) is 0 Å². The van der Waals surface area contributed by atoms with Crippen molar-refractivity contribution in [2.24, 2.45) is 0 Å². The molecule has 4 fully saturated rings. The van der Waals surface area contributed by atoms with Crippen LogP contribution < -0.4 is 0 Å². The summed E-state index contributed by atoms with van der Waals surface area (Å²) in [7, 11) is 0. The van der Waals surface area contributed by atoms with Crippen molar-refractivity contribution >= 4 is 35.8 Å². The van der Waals surface area contributed by atoms with Crippen LogP contribution in [0.5, 0.6) is 0 Å². The van der Waals surface area contributed by atoms with Gasteiger partial charge in [-0.2, -0.15) is 5.26 Å². The van der Waals surface area contributed by atoms with Gasteiger partial charge in [0.2, 0.25) is 0 Å². The second kappa shape index (κ2) is 22.8. The molecule has 4 aliphatic heterocycles. The van der Waals surface area contributed by atoms with Crippen molar-refractivity contribution < 1.29 is 90.3 Å². The van der Waals surface area contributed by atoms with Gasteiger partial charge in [0.15, 0.2) is 55.5 Å². The second-order valence-electron chi connectivity index (χ2n) is 17.7. The number of hydrogen-bond acceptors (Lipinski definition) is 20. The number of fused-ring (bicyclic) bond motifs is 1. The van der Waals surface area contributed by atoms with Gasteiger partial charge in [0.1, 0.15) is 24.4 Å². The van der Waals surface area contributed by atoms with Gasteiger partial charge in [-0.3, -0.25) is 9.59 Å². The van der Waals surface area contributed by atoms with Gasteiger partial charge in [0.25, 0.3) is 5.79 Å². The monoisotopic (exact) mass is 1010 g/mol. The summed E-state index contributed by atoms with van der Waals surface area (Å²) < 4.78 is 80.6. The average molecular weight is 1010 g/mol. The van der Waals surface area contributed by atoms with Gasteiger partial charge in [-0.1, -0.05) is 72.8 Å². The number of benzene rings is 4. The van der Waals surface area contributed by atoms with Crippen LogP contribution in [-0.2, 0) is 71.2 Å². The third-order valence-corrected chi connectivity index (χ3v) is 12.3. The van der Waals surface area contributed by atoms with Crippen LogP contribution in [0.3, 0.4) is 0 Å². The zero-order chi connectivity index (χ0) is 52.0. The summed E-state index contributed by atoms with van der Waals surface area (Å²) in [6.45, 7) is 8.18. The smallest absolute Gasteiger partial charge is 0.338 e. The first-order valence-electron chi connectivity index (χ1n) is 23.4. The fraction of sp³-hybridized carbons (Fsp3) is 0.415. The van der Waals surface area contributed by atoms with Crippen molar-refractivity contribution in [3.8, 4) is 6.07 Å². The predicted octanol–water partition coefficient (Wildman–Crippen LogP) is 5.41. The highest BCUT2D eigenvalue weighted by Crippen LogP contribution is 2.42. The number of carbonyl (C=O) groups is 6. The Hall–Kier alpha value is -7.09. The van der Waals surface area contributed by atoms with Gasteiger partial charge >= 0.3 is 35.8 Å². The van der Waals surface area contributed by atoms with Crippen LogP contribution in [0.15, 0.2) is 121 Å². The molecule has 73 heavy (non-hydrogen) atoms. The molecule has 8 rings (SSSR count). The predicted molar refractivity (Wildman–Crippen MR) is 246 cm³/mol. The average Bonchev–Trinajstić information content (AvgIpc) is 3.73. The molecule has 384 valence electrons. The maximum atomic E-state index is 13.9. The molecule has 0 radical (unpaired) electrons. The maximum absolute atomic E-state index is 13.9. The van der Waals surface area contributed by atoms with Crippen molar-refractivity contribution in [2.75, 3.05) is 0 Å². The first-order chi connectivity index (χ1) is 35.0. The number of nitriles is 1. The van der Waals surface area contributed by atoms with Crippen LogP contribution in [0.1, 0.15) is 83.0 Å². The molecule has 20 heteroatoms. The molecule has 0 unspecified atom stereocenters. The molecule has 4 aliphatic rings. The lowest BCUT2D eigenvalue weighted by molar-refractivity contribution is -0.367. The van der Waals surface area contributed by atoms with Gasteiger partial charge in [-0.05, 0) is 69.3 Å². The highest BCUT2D eigenvalue weighted by Gasteiger charge is 2.61. The van der Waals surface area contributed by atoms with Crippen LogP contribution in [0, 0.1) is 11.3 Å². The van der Waals surface area contributed by atoms with E-state index >= 15 is 0 Å². The topological polar surface area (TPSA) is 246 Å². The Kier molecular flexibility index (Phi) is 16.3. The van der Waals surface area contributed by atoms with Crippen LogP contribution in [0.2, 0.25) is 0 Å². The summed E-state index contributed by atoms with van der Waals surface area (Å²) in [4.78, 5) is 81.1. The van der Waals surface area contributed by atoms with Crippen molar-refractivity contribution in [1.82, 2.24) is 0 Å². The summed E-state index contributed by atoms with van der Waals surface area (Å²) in [6, 6.07) is 33.9. The molecule has 4 aromatic carbocycles. The Balaban J connectivity index is 1.16. The summed E-state index contributed by atoms with van der Waals surface area (Å²) in [6.07, 6.45) is -21.6. The molecule has 4 heterocycles. The summed E-state index contributed by atoms with van der Waals surface area (Å²) >= 11 is 0. The third kappa shape index (κ3) is 12.1. The number of hydrogen-bond donors (Lipinski definition) is 0. The molecular weight excluding hydrogens is 955 g/mol. The number of esters is 6. The Morgan fingerprint density at radius 3 is 1.11 bits per heavy atom. The first-order valence-corrected chi connectivity index (χ1v) is 23.4. The Morgan fingerprint density at radius 1 is 0.438 bits per heavy atom. The minimum Gasteiger partial charge on any atom is -0.453 e. The van der Waals surface area contributed by atoms with E-state index in [9.17, 15) is 34.0 Å². The first kappa shape index (κ1) is 52.2. The fourth-order valence-corrected chi connectivity index (χ4v) is 8.86. The van der Waals surface area contributed by atoms with Crippen molar-refractivity contribution in [3.63, 3.8) is 0 Å². The molecule has 0 aliphatic carbocycles. The quantitative estimate of drug-likeness (QED) is 0.113. The maximum Gasteiger partial charge on any atom is 0.338 e. The standard InChI is InChI=1S/C53H53NO19/c1-28-37(66-46(57)33-19-11-7-12-20-33)40(68-48(59)35-23-15-9-16-24-35)43(64-31(4)55)50(61-28)70-39-30(3)63-52-45(72-53(6,27-54)73-52)42(39)71-51-44(65-32(5)56)41(69-49(60)36-25-17-10-18-26-36)38(29(2)62-51)67-47(58)34-21-13-8-14-22-34/h7-26,28-30,37-45,50-52H,1-6H3/t28-,29+,30-,37-,38-,39+,40-,41-,42+,43+,44-,45-,50+,51+,52+,53+/m1/s1. The largest absolute Gasteiger partial charge is 0.453 e. The van der Waals surface area contributed by atoms with E-state index in [1.54, 1.807) is 79.7 Å². The third-order valence-electron chi connectivity index (χ3n) is 12.3. The lowest BCUT2D eigenvalue weighted by Gasteiger charge is -2.49. The van der Waals surface area contributed by atoms with Gasteiger partial charge in [-0.25, -0.2) is 19.2 Å². The minimum atomic E-state index is -1.91. The SMILES string of the molecule is CC(=O)O[C@@H]1[C@H](O[C@@H]2[C@H](O[C@@H]3O[C@@H](C)[C@@H](OC(=O)c4ccccc4)[C@@H](OC(=O)c4ccccc4)[C@H]3OC(C)=O)[C@H]3O[C@](C)(C#N)O[C@@H]3O[C@@H]2C)O[C@H](C)[C@@H](OC(=O)c2ccccc2)[C@H]1OC(=O)c1ccccc1. The van der Waals surface area contributed by atoms with E-state index < -0.39 is 134 Å². The highest BCUT2D eigenvalue weighted by atomic mass is 16.8. The molecule has 16 atom stereocenters. The zero-order valence-electron chi connectivity index (χ0n) is 40.4. The Labute approximate surface area is 419 Å². The summed E-state index contributed by atoms with van der Waals surface area (Å²) in [5.41, 5.74) is 0.565. The Morgan fingerprint density at radius 2 is 0.767 bits per heavy atom. The van der Waals surface area contributed by atoms with E-state index in [1.807, 2.05) is 6.07 Å². The number of ether oxygens (including phenoxy) is 13. The molecule has 0 spiro atoms. The van der Waals surface area contributed by atoms with Gasteiger partial charge in [0, 0.05) is 20.8 Å². The van der Waals surface area contributed by atoms with Crippen molar-refractivity contribution in [2.45, 2.75) is 139 Å². The number of carbonyl (C=O) groups excluding carboxylic acids is 6. The minimum absolute atomic E-state index is 0.115. The zero-order valence-corrected chi connectivity index (χ0v) is 40.4. The van der Waals surface area contributed by atoms with Crippen LogP contribution in [-0.4, -0.2) is 134 Å². The molecule has 0 amide bonds. The summed E-state index contributed by atoms with van der Waals surface area (Å²) in [5.74, 6) is -6.99. The van der Waals surface area contributed by atoms with Crippen molar-refractivity contribution in [1.29, 1.82) is 5.26 Å². The molecule has 0 aromatic heterocycles. The van der Waals surface area contributed by atoms with Crippen LogP contribution >= 0.6 is 0 Å². The van der Waals surface area contributed by atoms with E-state index in [2.05, 4.69) is 0 Å². The summed E-state index contributed by atoms with van der Waals surface area (Å²) in [5, 5.41) is 10.2.